The monoisotopic (exact) mass is 832 g/mol. The van der Waals surface area contributed by atoms with Gasteiger partial charge in [0.05, 0.1) is 51.6 Å². The van der Waals surface area contributed by atoms with Gasteiger partial charge in [-0.15, -0.1) is 0 Å². The molecule has 1 N–H and O–H groups in total. The normalized spacial score (nSPS) is 16.4. The highest BCUT2D eigenvalue weighted by Gasteiger charge is 2.47. The topological polar surface area (TPSA) is 140 Å². The number of carbonyl (C=O) groups is 1. The second-order valence-electron chi connectivity index (χ2n) is 14.8. The number of benzene rings is 4. The number of morpholine rings is 1. The van der Waals surface area contributed by atoms with Gasteiger partial charge in [-0.1, -0.05) is 72.8 Å². The van der Waals surface area contributed by atoms with Crippen LogP contribution in [0, 0.1) is 11.3 Å². The Morgan fingerprint density at radius 1 is 0.850 bits per heavy atom. The maximum Gasteiger partial charge on any atom is 0.351 e. The van der Waals surface area contributed by atoms with Gasteiger partial charge in [-0.3, -0.25) is 14.3 Å². The molecule has 3 atom stereocenters. The molecule has 1 amide bonds. The van der Waals surface area contributed by atoms with Crippen LogP contribution in [0.15, 0.2) is 126 Å². The molecular formula is C46H53N6O7P. The molecule has 60 heavy (non-hydrogen) atoms. The summed E-state index contributed by atoms with van der Waals surface area (Å²) in [7, 11) is 1.69. The molecule has 1 aliphatic rings. The Hall–Kier alpha value is -5.45. The number of methoxy groups -OCH3 is 2. The van der Waals surface area contributed by atoms with Crippen molar-refractivity contribution in [1.82, 2.24) is 19.1 Å². The number of carbonyl (C=O) groups excluding carboxylic acids is 1. The first kappa shape index (κ1) is 44.1. The van der Waals surface area contributed by atoms with Crippen LogP contribution in [-0.4, -0.2) is 83.7 Å². The predicted molar refractivity (Wildman–Crippen MR) is 232 cm³/mol. The summed E-state index contributed by atoms with van der Waals surface area (Å²) in [5, 5.41) is 12.1. The summed E-state index contributed by atoms with van der Waals surface area (Å²) in [6, 6.07) is 39.0. The number of rotatable bonds is 18. The van der Waals surface area contributed by atoms with E-state index in [9.17, 15) is 14.9 Å². The Balaban J connectivity index is 1.46. The molecule has 0 unspecified atom stereocenters. The molecule has 1 aromatic heterocycles. The van der Waals surface area contributed by atoms with E-state index < -0.39 is 32.1 Å². The van der Waals surface area contributed by atoms with Crippen molar-refractivity contribution in [3.63, 3.8) is 0 Å². The number of amides is 1. The third kappa shape index (κ3) is 10.1. The van der Waals surface area contributed by atoms with Gasteiger partial charge in [0.25, 0.3) is 14.4 Å². The van der Waals surface area contributed by atoms with Crippen LogP contribution in [0.5, 0.6) is 11.5 Å². The van der Waals surface area contributed by atoms with Gasteiger partial charge >= 0.3 is 5.69 Å². The highest BCUT2D eigenvalue weighted by atomic mass is 31.2. The first-order valence-corrected chi connectivity index (χ1v) is 21.1. The Bertz CT molecular complexity index is 2180. The molecule has 0 radical (unpaired) electrons. The van der Waals surface area contributed by atoms with Crippen molar-refractivity contribution in [3.05, 3.63) is 154 Å². The van der Waals surface area contributed by atoms with Gasteiger partial charge in [0, 0.05) is 36.9 Å². The summed E-state index contributed by atoms with van der Waals surface area (Å²) < 4.78 is 34.6. The van der Waals surface area contributed by atoms with Gasteiger partial charge in [0.1, 0.15) is 17.3 Å². The van der Waals surface area contributed by atoms with E-state index in [1.165, 1.54) is 4.57 Å². The van der Waals surface area contributed by atoms with Crippen molar-refractivity contribution >= 4 is 20.3 Å². The molecule has 0 spiro atoms. The first-order valence-electron chi connectivity index (χ1n) is 20.0. The number of ether oxygens (including phenoxy) is 3. The van der Waals surface area contributed by atoms with Crippen LogP contribution in [0.1, 0.15) is 67.4 Å². The number of aromatic nitrogens is 2. The average Bonchev–Trinajstić information content (AvgIpc) is 3.26. The van der Waals surface area contributed by atoms with E-state index in [4.69, 9.17) is 23.3 Å². The van der Waals surface area contributed by atoms with E-state index in [0.717, 1.165) is 16.7 Å². The zero-order valence-corrected chi connectivity index (χ0v) is 35.8. The summed E-state index contributed by atoms with van der Waals surface area (Å²) in [6.07, 6.45) is 0.397. The summed E-state index contributed by atoms with van der Waals surface area (Å²) in [5.74, 6) is 1.16. The van der Waals surface area contributed by atoms with Crippen LogP contribution < -0.4 is 20.5 Å². The quantitative estimate of drug-likeness (QED) is 0.0522. The number of hydrogen-bond donors (Lipinski definition) is 1. The van der Waals surface area contributed by atoms with E-state index in [1.54, 1.807) is 50.7 Å². The van der Waals surface area contributed by atoms with Crippen molar-refractivity contribution in [2.45, 2.75) is 64.1 Å². The largest absolute Gasteiger partial charge is 0.497 e. The van der Waals surface area contributed by atoms with Crippen LogP contribution >= 0.6 is 8.53 Å². The molecule has 1 saturated heterocycles. The fourth-order valence-electron chi connectivity index (χ4n) is 7.67. The lowest BCUT2D eigenvalue weighted by Crippen LogP contribution is -2.58. The molecule has 0 bridgehead atoms. The number of nitrogens with one attached hydrogen (secondary N) is 1. The van der Waals surface area contributed by atoms with Crippen molar-refractivity contribution in [3.8, 4) is 17.6 Å². The summed E-state index contributed by atoms with van der Waals surface area (Å²) in [6.45, 7) is 9.31. The van der Waals surface area contributed by atoms with Crippen LogP contribution in [-0.2, 0) is 19.3 Å². The summed E-state index contributed by atoms with van der Waals surface area (Å²) in [5.41, 5.74) is 1.81. The third-order valence-electron chi connectivity index (χ3n) is 10.3. The molecule has 0 aliphatic carbocycles. The fourth-order valence-corrected chi connectivity index (χ4v) is 9.30. The molecule has 13 nitrogen and oxygen atoms in total. The van der Waals surface area contributed by atoms with E-state index >= 15 is 0 Å². The zero-order valence-electron chi connectivity index (χ0n) is 34.9. The Labute approximate surface area is 353 Å². The minimum atomic E-state index is -1.60. The van der Waals surface area contributed by atoms with Crippen molar-refractivity contribution in [2.75, 3.05) is 45.8 Å². The predicted octanol–water partition coefficient (Wildman–Crippen LogP) is 8.00. The second-order valence-corrected chi connectivity index (χ2v) is 16.3. The van der Waals surface area contributed by atoms with E-state index in [2.05, 4.69) is 90.0 Å². The van der Waals surface area contributed by atoms with Gasteiger partial charge in [-0.2, -0.15) is 10.2 Å². The lowest BCUT2D eigenvalue weighted by atomic mass is 9.75. The summed E-state index contributed by atoms with van der Waals surface area (Å²) in [4.78, 5) is 33.6. The van der Waals surface area contributed by atoms with Gasteiger partial charge in [0.2, 0.25) is 0 Å². The minimum Gasteiger partial charge on any atom is -0.497 e. The van der Waals surface area contributed by atoms with Crippen molar-refractivity contribution < 1.29 is 28.1 Å². The molecule has 1 fully saturated rings. The number of anilines is 1. The maximum absolute atomic E-state index is 14.0. The molecular weight excluding hydrogens is 780 g/mol. The van der Waals surface area contributed by atoms with Crippen LogP contribution in [0.25, 0.3) is 0 Å². The Morgan fingerprint density at radius 2 is 1.42 bits per heavy atom. The highest BCUT2D eigenvalue weighted by Crippen LogP contribution is 2.48. The van der Waals surface area contributed by atoms with E-state index in [0.29, 0.717) is 23.6 Å². The lowest BCUT2D eigenvalue weighted by Gasteiger charge is -2.50. The summed E-state index contributed by atoms with van der Waals surface area (Å²) >= 11 is 0. The van der Waals surface area contributed by atoms with Gasteiger partial charge in [0.15, 0.2) is 6.23 Å². The Kier molecular flexibility index (Phi) is 15.2. The standard InChI is InChI=1S/C46H53N6O7P/c1-33(2)52(34(3)4)60(57-29-13-27-47)58-32-41-30-50(31-43(59-41)51-28-26-42(49-45(51)54)48-44(53)35-14-9-7-10-15-35)46(36-16-11-8-12-17-36,37-18-22-39(55-5)23-19-37)38-20-24-40(56-6)25-21-38/h7-12,14-26,28,33-34,41,43H,13,29-32H2,1-6H3,(H,48,49,53,54)/t41-,43+,60+/m0/s1. The molecule has 14 heteroatoms. The maximum atomic E-state index is 14.0. The zero-order chi connectivity index (χ0) is 42.6. The second kappa shape index (κ2) is 20.7. The van der Waals surface area contributed by atoms with Gasteiger partial charge in [-0.25, -0.2) is 9.46 Å². The van der Waals surface area contributed by atoms with Gasteiger partial charge < -0.3 is 28.6 Å². The Morgan fingerprint density at radius 3 is 1.95 bits per heavy atom. The molecule has 4 aromatic carbocycles. The first-order chi connectivity index (χ1) is 29.1. The van der Waals surface area contributed by atoms with Crippen molar-refractivity contribution in [1.29, 1.82) is 5.26 Å². The smallest absolute Gasteiger partial charge is 0.351 e. The molecule has 5 aromatic rings. The number of hydrogen-bond acceptors (Lipinski definition) is 11. The average molecular weight is 833 g/mol. The van der Waals surface area contributed by atoms with Crippen molar-refractivity contribution in [2.24, 2.45) is 0 Å². The van der Waals surface area contributed by atoms with Crippen LogP contribution in [0.2, 0.25) is 0 Å². The van der Waals surface area contributed by atoms with Gasteiger partial charge in [-0.05, 0) is 86.8 Å². The van der Waals surface area contributed by atoms with E-state index in [1.807, 2.05) is 48.5 Å². The molecule has 314 valence electrons. The number of nitriles is 1. The van der Waals surface area contributed by atoms with E-state index in [-0.39, 0.29) is 50.0 Å². The molecule has 1 aliphatic heterocycles. The van der Waals surface area contributed by atoms with Crippen LogP contribution in [0.3, 0.4) is 0 Å². The third-order valence-corrected chi connectivity index (χ3v) is 12.4. The highest BCUT2D eigenvalue weighted by molar-refractivity contribution is 7.44. The SMILES string of the molecule is COc1ccc(C(c2ccccc2)(c2ccc(OC)cc2)N2C[C@@H](CO[P@@](OCCC#N)N(C(C)C)C(C)C)O[C@@H](n3ccc(NC(=O)c4ccccc4)nc3=O)C2)cc1. The molecule has 6 rings (SSSR count). The van der Waals surface area contributed by atoms with Crippen LogP contribution in [0.4, 0.5) is 5.82 Å². The molecule has 0 saturated carbocycles. The molecule has 2 heterocycles. The lowest BCUT2D eigenvalue weighted by molar-refractivity contribution is -0.149. The minimum absolute atomic E-state index is 0.0936. The fraction of sp³-hybridized carbons (Fsp3) is 0.348. The number of nitrogens with zero attached hydrogens (tertiary/aromatic N) is 5.